The number of benzene rings is 2. The van der Waals surface area contributed by atoms with Gasteiger partial charge in [0.15, 0.2) is 0 Å². The number of para-hydroxylation sites is 1. The molecule has 102 valence electrons. The van der Waals surface area contributed by atoms with Gasteiger partial charge in [-0.05, 0) is 24.3 Å². The Morgan fingerprint density at radius 1 is 1.05 bits per heavy atom. The monoisotopic (exact) mass is 269 g/mol. The molecule has 5 heteroatoms. The largest absolute Gasteiger partial charge is 0.497 e. The highest BCUT2D eigenvalue weighted by Crippen LogP contribution is 2.25. The third kappa shape index (κ3) is 2.18. The zero-order valence-corrected chi connectivity index (χ0v) is 11.4. The molecular formula is C15H15N3O2. The molecule has 0 saturated heterocycles. The molecule has 1 heterocycles. The summed E-state index contributed by atoms with van der Waals surface area (Å²) in [6, 6.07) is 13.7. The van der Waals surface area contributed by atoms with Crippen LogP contribution < -0.4 is 9.47 Å². The maximum absolute atomic E-state index is 5.41. The van der Waals surface area contributed by atoms with Gasteiger partial charge in [-0.1, -0.05) is 17.3 Å². The smallest absolute Gasteiger partial charge is 0.127 e. The Hall–Kier alpha value is -2.56. The van der Waals surface area contributed by atoms with Crippen molar-refractivity contribution in [3.05, 3.63) is 48.0 Å². The lowest BCUT2D eigenvalue weighted by Crippen LogP contribution is -2.04. The second-order valence-corrected chi connectivity index (χ2v) is 4.41. The first-order valence-corrected chi connectivity index (χ1v) is 6.31. The predicted octanol–water partition coefficient (Wildman–Crippen LogP) is 2.50. The first kappa shape index (κ1) is 12.5. The molecule has 0 saturated carbocycles. The van der Waals surface area contributed by atoms with Crippen molar-refractivity contribution in [1.82, 2.24) is 15.0 Å². The SMILES string of the molecule is COc1ccc(Cn2nnc3ccccc32)c(OC)c1. The summed E-state index contributed by atoms with van der Waals surface area (Å²) in [5.74, 6) is 1.55. The molecule has 1 aromatic heterocycles. The fraction of sp³-hybridized carbons (Fsp3) is 0.200. The summed E-state index contributed by atoms with van der Waals surface area (Å²) in [6.07, 6.45) is 0. The van der Waals surface area contributed by atoms with Crippen LogP contribution in [0.15, 0.2) is 42.5 Å². The van der Waals surface area contributed by atoms with Gasteiger partial charge in [-0.3, -0.25) is 0 Å². The molecule has 0 atom stereocenters. The minimum Gasteiger partial charge on any atom is -0.497 e. The van der Waals surface area contributed by atoms with Crippen molar-refractivity contribution in [2.45, 2.75) is 6.54 Å². The van der Waals surface area contributed by atoms with Gasteiger partial charge in [0.1, 0.15) is 17.0 Å². The lowest BCUT2D eigenvalue weighted by atomic mass is 10.2. The molecule has 0 fully saturated rings. The quantitative estimate of drug-likeness (QED) is 0.730. The van der Waals surface area contributed by atoms with Gasteiger partial charge in [-0.2, -0.15) is 0 Å². The standard InChI is InChI=1S/C15H15N3O2/c1-19-12-8-7-11(15(9-12)20-2)10-18-14-6-4-3-5-13(14)16-17-18/h3-9H,10H2,1-2H3. The van der Waals surface area contributed by atoms with E-state index in [-0.39, 0.29) is 0 Å². The summed E-state index contributed by atoms with van der Waals surface area (Å²) in [7, 11) is 3.29. The van der Waals surface area contributed by atoms with Crippen LogP contribution in [0.1, 0.15) is 5.56 Å². The number of aromatic nitrogens is 3. The normalized spacial score (nSPS) is 10.7. The predicted molar refractivity (Wildman–Crippen MR) is 76.2 cm³/mol. The summed E-state index contributed by atoms with van der Waals surface area (Å²) < 4.78 is 12.5. The van der Waals surface area contributed by atoms with Gasteiger partial charge < -0.3 is 9.47 Å². The fourth-order valence-corrected chi connectivity index (χ4v) is 2.18. The van der Waals surface area contributed by atoms with Crippen LogP contribution in [0, 0.1) is 0 Å². The number of rotatable bonds is 4. The number of hydrogen-bond donors (Lipinski definition) is 0. The van der Waals surface area contributed by atoms with Crippen molar-refractivity contribution in [2.24, 2.45) is 0 Å². The van der Waals surface area contributed by atoms with Gasteiger partial charge >= 0.3 is 0 Å². The summed E-state index contributed by atoms with van der Waals surface area (Å²) in [5.41, 5.74) is 2.93. The fourth-order valence-electron chi connectivity index (χ4n) is 2.18. The lowest BCUT2D eigenvalue weighted by molar-refractivity contribution is 0.389. The van der Waals surface area contributed by atoms with Crippen LogP contribution in [0.3, 0.4) is 0 Å². The Morgan fingerprint density at radius 3 is 2.70 bits per heavy atom. The Morgan fingerprint density at radius 2 is 1.90 bits per heavy atom. The van der Waals surface area contributed by atoms with E-state index in [1.54, 1.807) is 14.2 Å². The third-order valence-electron chi connectivity index (χ3n) is 3.23. The number of fused-ring (bicyclic) bond motifs is 1. The highest BCUT2D eigenvalue weighted by atomic mass is 16.5. The van der Waals surface area contributed by atoms with Crippen molar-refractivity contribution >= 4 is 11.0 Å². The molecule has 20 heavy (non-hydrogen) atoms. The molecule has 0 N–H and O–H groups in total. The summed E-state index contributed by atoms with van der Waals surface area (Å²) in [6.45, 7) is 0.605. The summed E-state index contributed by atoms with van der Waals surface area (Å²) in [4.78, 5) is 0. The van der Waals surface area contributed by atoms with Gasteiger partial charge in [0.05, 0.1) is 26.3 Å². The van der Waals surface area contributed by atoms with Crippen LogP contribution in [-0.2, 0) is 6.54 Å². The van der Waals surface area contributed by atoms with Crippen molar-refractivity contribution in [1.29, 1.82) is 0 Å². The molecule has 0 aliphatic heterocycles. The van der Waals surface area contributed by atoms with E-state index in [2.05, 4.69) is 10.3 Å². The highest BCUT2D eigenvalue weighted by Gasteiger charge is 2.09. The second kappa shape index (κ2) is 5.21. The van der Waals surface area contributed by atoms with E-state index in [1.165, 1.54) is 0 Å². The van der Waals surface area contributed by atoms with Gasteiger partial charge in [0.25, 0.3) is 0 Å². The number of nitrogens with zero attached hydrogens (tertiary/aromatic N) is 3. The molecule has 0 radical (unpaired) electrons. The van der Waals surface area contributed by atoms with Crippen molar-refractivity contribution in [2.75, 3.05) is 14.2 Å². The maximum atomic E-state index is 5.41. The van der Waals surface area contributed by atoms with E-state index in [9.17, 15) is 0 Å². The highest BCUT2D eigenvalue weighted by molar-refractivity contribution is 5.73. The molecular weight excluding hydrogens is 254 g/mol. The zero-order chi connectivity index (χ0) is 13.9. The topological polar surface area (TPSA) is 49.2 Å². The van der Waals surface area contributed by atoms with Crippen molar-refractivity contribution in [3.8, 4) is 11.5 Å². The Bertz CT molecular complexity index is 737. The van der Waals surface area contributed by atoms with E-state index in [4.69, 9.17) is 9.47 Å². The van der Waals surface area contributed by atoms with Gasteiger partial charge in [-0.25, -0.2) is 4.68 Å². The van der Waals surface area contributed by atoms with E-state index >= 15 is 0 Å². The van der Waals surface area contributed by atoms with Crippen LogP contribution in [0.5, 0.6) is 11.5 Å². The molecule has 3 aromatic rings. The van der Waals surface area contributed by atoms with Crippen LogP contribution in [-0.4, -0.2) is 29.2 Å². The van der Waals surface area contributed by atoms with Gasteiger partial charge in [-0.15, -0.1) is 5.10 Å². The summed E-state index contributed by atoms with van der Waals surface area (Å²) in [5, 5.41) is 8.34. The van der Waals surface area contributed by atoms with E-state index in [0.717, 1.165) is 28.1 Å². The molecule has 0 aliphatic carbocycles. The van der Waals surface area contributed by atoms with Crippen molar-refractivity contribution < 1.29 is 9.47 Å². The third-order valence-corrected chi connectivity index (χ3v) is 3.23. The molecule has 0 bridgehead atoms. The van der Waals surface area contributed by atoms with Gasteiger partial charge in [0.2, 0.25) is 0 Å². The van der Waals surface area contributed by atoms with Crippen LogP contribution in [0.25, 0.3) is 11.0 Å². The van der Waals surface area contributed by atoms with Crippen molar-refractivity contribution in [3.63, 3.8) is 0 Å². The van der Waals surface area contributed by atoms with Crippen LogP contribution >= 0.6 is 0 Å². The Balaban J connectivity index is 1.98. The average molecular weight is 269 g/mol. The lowest BCUT2D eigenvalue weighted by Gasteiger charge is -2.10. The molecule has 2 aromatic carbocycles. The Labute approximate surface area is 116 Å². The van der Waals surface area contributed by atoms with Crippen LogP contribution in [0.4, 0.5) is 0 Å². The molecule has 0 unspecified atom stereocenters. The van der Waals surface area contributed by atoms with Crippen LogP contribution in [0.2, 0.25) is 0 Å². The minimum atomic E-state index is 0.605. The van der Waals surface area contributed by atoms with E-state index in [0.29, 0.717) is 6.54 Å². The minimum absolute atomic E-state index is 0.605. The number of hydrogen-bond acceptors (Lipinski definition) is 4. The molecule has 0 amide bonds. The average Bonchev–Trinajstić information content (AvgIpc) is 2.91. The van der Waals surface area contributed by atoms with Gasteiger partial charge in [0, 0.05) is 11.6 Å². The molecule has 3 rings (SSSR count). The molecule has 0 spiro atoms. The zero-order valence-electron chi connectivity index (χ0n) is 11.4. The maximum Gasteiger partial charge on any atom is 0.127 e. The molecule has 5 nitrogen and oxygen atoms in total. The first-order valence-electron chi connectivity index (χ1n) is 6.31. The molecule has 0 aliphatic rings. The first-order chi connectivity index (χ1) is 9.81. The van der Waals surface area contributed by atoms with E-state index < -0.39 is 0 Å². The van der Waals surface area contributed by atoms with E-state index in [1.807, 2.05) is 47.1 Å². The summed E-state index contributed by atoms with van der Waals surface area (Å²) >= 11 is 0. The number of methoxy groups -OCH3 is 2. The second-order valence-electron chi connectivity index (χ2n) is 4.41. The Kier molecular flexibility index (Phi) is 3.25. The number of ether oxygens (including phenoxy) is 2.